The first-order chi connectivity index (χ1) is 6.11. The van der Waals surface area contributed by atoms with E-state index >= 15 is 0 Å². The standard InChI is InChI=1S/C8H16O5/c1-3-4-5(9)7(12-2)6(10)8(11)13-4/h4-11H,3H2,1-2H3. The molecule has 3 N–H and O–H groups in total. The topological polar surface area (TPSA) is 79.2 Å². The second-order valence-corrected chi connectivity index (χ2v) is 3.15. The molecule has 5 atom stereocenters. The van der Waals surface area contributed by atoms with Crippen molar-refractivity contribution in [3.05, 3.63) is 0 Å². The highest BCUT2D eigenvalue weighted by molar-refractivity contribution is 4.88. The van der Waals surface area contributed by atoms with Crippen LogP contribution in [0, 0.1) is 0 Å². The summed E-state index contributed by atoms with van der Waals surface area (Å²) in [6.07, 6.45) is -4.07. The first-order valence-corrected chi connectivity index (χ1v) is 4.34. The van der Waals surface area contributed by atoms with Gasteiger partial charge in [-0.05, 0) is 6.42 Å². The maximum atomic E-state index is 9.60. The Bertz CT molecular complexity index is 163. The predicted octanol–water partition coefficient (Wildman–Crippen LogP) is -1.15. The SMILES string of the molecule is CCC1OC(O)C(O)C(OC)C1O. The Labute approximate surface area is 76.9 Å². The fraction of sp³-hybridized carbons (Fsp3) is 1.00. The van der Waals surface area contributed by atoms with Crippen molar-refractivity contribution < 1.29 is 24.8 Å². The molecule has 0 aromatic rings. The molecule has 0 saturated carbocycles. The number of aliphatic hydroxyl groups excluding tert-OH is 3. The molecule has 0 aliphatic carbocycles. The lowest BCUT2D eigenvalue weighted by molar-refractivity contribution is -0.286. The third-order valence-corrected chi connectivity index (χ3v) is 2.34. The third kappa shape index (κ3) is 2.00. The van der Waals surface area contributed by atoms with Gasteiger partial charge < -0.3 is 24.8 Å². The number of methoxy groups -OCH3 is 1. The Morgan fingerprint density at radius 1 is 1.23 bits per heavy atom. The van der Waals surface area contributed by atoms with Crippen LogP contribution < -0.4 is 0 Å². The van der Waals surface area contributed by atoms with Gasteiger partial charge in [-0.15, -0.1) is 0 Å². The van der Waals surface area contributed by atoms with Crippen molar-refractivity contribution in [3.8, 4) is 0 Å². The van der Waals surface area contributed by atoms with Gasteiger partial charge in [0.15, 0.2) is 6.29 Å². The number of ether oxygens (including phenoxy) is 2. The summed E-state index contributed by atoms with van der Waals surface area (Å²) in [7, 11) is 1.38. The van der Waals surface area contributed by atoms with Gasteiger partial charge in [0.2, 0.25) is 0 Å². The summed E-state index contributed by atoms with van der Waals surface area (Å²) in [6.45, 7) is 1.82. The van der Waals surface area contributed by atoms with E-state index in [4.69, 9.17) is 9.47 Å². The lowest BCUT2D eigenvalue weighted by Crippen LogP contribution is -2.57. The highest BCUT2D eigenvalue weighted by Crippen LogP contribution is 2.23. The van der Waals surface area contributed by atoms with E-state index in [1.165, 1.54) is 7.11 Å². The van der Waals surface area contributed by atoms with Crippen molar-refractivity contribution >= 4 is 0 Å². The smallest absolute Gasteiger partial charge is 0.183 e. The van der Waals surface area contributed by atoms with E-state index in [-0.39, 0.29) is 0 Å². The molecule has 5 heteroatoms. The Kier molecular flexibility index (Phi) is 3.63. The van der Waals surface area contributed by atoms with Crippen molar-refractivity contribution in [1.82, 2.24) is 0 Å². The predicted molar refractivity (Wildman–Crippen MR) is 44.0 cm³/mol. The van der Waals surface area contributed by atoms with Gasteiger partial charge in [0.05, 0.1) is 6.10 Å². The van der Waals surface area contributed by atoms with Gasteiger partial charge in [-0.3, -0.25) is 0 Å². The second kappa shape index (κ2) is 4.34. The highest BCUT2D eigenvalue weighted by Gasteiger charge is 2.43. The van der Waals surface area contributed by atoms with Crippen LogP contribution in [0.15, 0.2) is 0 Å². The summed E-state index contributed by atoms with van der Waals surface area (Å²) >= 11 is 0. The highest BCUT2D eigenvalue weighted by atomic mass is 16.6. The third-order valence-electron chi connectivity index (χ3n) is 2.34. The molecule has 78 valence electrons. The summed E-state index contributed by atoms with van der Waals surface area (Å²) in [5.41, 5.74) is 0. The average molecular weight is 192 g/mol. The van der Waals surface area contributed by atoms with Gasteiger partial charge in [-0.1, -0.05) is 6.92 Å². The molecule has 0 aromatic carbocycles. The van der Waals surface area contributed by atoms with Crippen LogP contribution in [0.3, 0.4) is 0 Å². The number of aliphatic hydroxyl groups is 3. The zero-order valence-corrected chi connectivity index (χ0v) is 7.75. The van der Waals surface area contributed by atoms with Crippen LogP contribution in [0.5, 0.6) is 0 Å². The van der Waals surface area contributed by atoms with E-state index in [1.54, 1.807) is 0 Å². The molecule has 1 rings (SSSR count). The molecule has 1 saturated heterocycles. The summed E-state index contributed by atoms with van der Waals surface area (Å²) in [4.78, 5) is 0. The molecular weight excluding hydrogens is 176 g/mol. The first-order valence-electron chi connectivity index (χ1n) is 4.34. The molecule has 0 radical (unpaired) electrons. The minimum Gasteiger partial charge on any atom is -0.388 e. The van der Waals surface area contributed by atoms with Gasteiger partial charge in [-0.2, -0.15) is 0 Å². The summed E-state index contributed by atoms with van der Waals surface area (Å²) in [6, 6.07) is 0. The Hall–Kier alpha value is -0.200. The molecule has 0 amide bonds. The van der Waals surface area contributed by atoms with Crippen LogP contribution >= 0.6 is 0 Å². The molecular formula is C8H16O5. The van der Waals surface area contributed by atoms with Gasteiger partial charge in [-0.25, -0.2) is 0 Å². The number of rotatable bonds is 2. The van der Waals surface area contributed by atoms with Crippen molar-refractivity contribution in [2.45, 2.75) is 44.1 Å². The maximum absolute atomic E-state index is 9.60. The van der Waals surface area contributed by atoms with Gasteiger partial charge >= 0.3 is 0 Å². The van der Waals surface area contributed by atoms with Crippen LogP contribution in [0.2, 0.25) is 0 Å². The molecule has 0 spiro atoms. The van der Waals surface area contributed by atoms with E-state index in [0.29, 0.717) is 6.42 Å². The van der Waals surface area contributed by atoms with Crippen LogP contribution in [0.4, 0.5) is 0 Å². The van der Waals surface area contributed by atoms with Crippen LogP contribution in [-0.2, 0) is 9.47 Å². The molecule has 1 aliphatic rings. The lowest BCUT2D eigenvalue weighted by atomic mass is 9.97. The van der Waals surface area contributed by atoms with Crippen molar-refractivity contribution in [2.24, 2.45) is 0 Å². The summed E-state index contributed by atoms with van der Waals surface area (Å²) < 4.78 is 9.85. The van der Waals surface area contributed by atoms with E-state index < -0.39 is 30.7 Å². The lowest BCUT2D eigenvalue weighted by Gasteiger charge is -2.39. The Morgan fingerprint density at radius 3 is 2.31 bits per heavy atom. The molecule has 1 fully saturated rings. The minimum absolute atomic E-state index is 0.483. The van der Waals surface area contributed by atoms with E-state index in [9.17, 15) is 15.3 Å². The van der Waals surface area contributed by atoms with E-state index in [1.807, 2.05) is 6.92 Å². The number of hydrogen-bond acceptors (Lipinski definition) is 5. The summed E-state index contributed by atoms with van der Waals surface area (Å²) in [5, 5.41) is 28.2. The van der Waals surface area contributed by atoms with Crippen molar-refractivity contribution in [2.75, 3.05) is 7.11 Å². The van der Waals surface area contributed by atoms with Gasteiger partial charge in [0.1, 0.15) is 18.3 Å². The van der Waals surface area contributed by atoms with Gasteiger partial charge in [0, 0.05) is 7.11 Å². The monoisotopic (exact) mass is 192 g/mol. The second-order valence-electron chi connectivity index (χ2n) is 3.15. The zero-order chi connectivity index (χ0) is 10.0. The Morgan fingerprint density at radius 2 is 1.85 bits per heavy atom. The fourth-order valence-electron chi connectivity index (χ4n) is 1.53. The van der Waals surface area contributed by atoms with E-state index in [2.05, 4.69) is 0 Å². The van der Waals surface area contributed by atoms with E-state index in [0.717, 1.165) is 0 Å². The van der Waals surface area contributed by atoms with Gasteiger partial charge in [0.25, 0.3) is 0 Å². The quantitative estimate of drug-likeness (QED) is 0.515. The molecule has 5 unspecified atom stereocenters. The van der Waals surface area contributed by atoms with Crippen LogP contribution in [-0.4, -0.2) is 53.1 Å². The van der Waals surface area contributed by atoms with Crippen LogP contribution in [0.25, 0.3) is 0 Å². The average Bonchev–Trinajstić information content (AvgIpc) is 2.12. The molecule has 13 heavy (non-hydrogen) atoms. The molecule has 5 nitrogen and oxygen atoms in total. The van der Waals surface area contributed by atoms with Crippen molar-refractivity contribution in [1.29, 1.82) is 0 Å². The molecule has 0 aromatic heterocycles. The fourth-order valence-corrected chi connectivity index (χ4v) is 1.53. The Balaban J connectivity index is 2.69. The maximum Gasteiger partial charge on any atom is 0.183 e. The normalized spacial score (nSPS) is 46.4. The van der Waals surface area contributed by atoms with Crippen molar-refractivity contribution in [3.63, 3.8) is 0 Å². The number of hydrogen-bond donors (Lipinski definition) is 3. The largest absolute Gasteiger partial charge is 0.388 e. The summed E-state index contributed by atoms with van der Waals surface area (Å²) in [5.74, 6) is 0. The first kappa shape index (κ1) is 10.9. The minimum atomic E-state index is -1.28. The molecule has 1 aliphatic heterocycles. The molecule has 0 bridgehead atoms. The molecule has 1 heterocycles. The zero-order valence-electron chi connectivity index (χ0n) is 7.75. The van der Waals surface area contributed by atoms with Crippen LogP contribution in [0.1, 0.15) is 13.3 Å².